The molecule has 0 aliphatic rings. The SMILES string of the molecule is O=C(CN(c1ccc(Cl)cc1)S(=O)(=O)c1ccccc1)Nc1ccccc1Sc1ccccc1. The van der Waals surface area contributed by atoms with Crippen molar-refractivity contribution in [1.29, 1.82) is 0 Å². The fraction of sp³-hybridized carbons (Fsp3) is 0.0385. The average Bonchev–Trinajstić information content (AvgIpc) is 2.85. The Hall–Kier alpha value is -3.26. The molecule has 4 aromatic carbocycles. The maximum atomic E-state index is 13.4. The average molecular weight is 509 g/mol. The number of anilines is 2. The second-order valence-corrected chi connectivity index (χ2v) is 10.7. The van der Waals surface area contributed by atoms with Crippen LogP contribution in [0.3, 0.4) is 0 Å². The zero-order valence-electron chi connectivity index (χ0n) is 18.0. The minimum Gasteiger partial charge on any atom is -0.323 e. The monoisotopic (exact) mass is 508 g/mol. The quantitative estimate of drug-likeness (QED) is 0.302. The van der Waals surface area contributed by atoms with Gasteiger partial charge in [0.1, 0.15) is 6.54 Å². The van der Waals surface area contributed by atoms with Crippen LogP contribution in [0, 0.1) is 0 Å². The molecule has 34 heavy (non-hydrogen) atoms. The summed E-state index contributed by atoms with van der Waals surface area (Å²) in [5.41, 5.74) is 0.949. The number of hydrogen-bond acceptors (Lipinski definition) is 4. The van der Waals surface area contributed by atoms with Gasteiger partial charge in [0, 0.05) is 14.8 Å². The number of nitrogens with one attached hydrogen (secondary N) is 1. The lowest BCUT2D eigenvalue weighted by Gasteiger charge is -2.24. The Morgan fingerprint density at radius 3 is 2.06 bits per heavy atom. The van der Waals surface area contributed by atoms with Crippen molar-refractivity contribution in [2.75, 3.05) is 16.2 Å². The molecule has 4 aromatic rings. The van der Waals surface area contributed by atoms with Gasteiger partial charge in [0.05, 0.1) is 16.3 Å². The Balaban J connectivity index is 1.60. The van der Waals surface area contributed by atoms with Crippen LogP contribution in [-0.4, -0.2) is 20.9 Å². The van der Waals surface area contributed by atoms with Crippen molar-refractivity contribution in [1.82, 2.24) is 0 Å². The largest absolute Gasteiger partial charge is 0.323 e. The number of rotatable bonds is 8. The van der Waals surface area contributed by atoms with Crippen molar-refractivity contribution in [2.45, 2.75) is 14.7 Å². The van der Waals surface area contributed by atoms with Crippen LogP contribution in [-0.2, 0) is 14.8 Å². The molecule has 5 nitrogen and oxygen atoms in total. The van der Waals surface area contributed by atoms with Gasteiger partial charge in [-0.2, -0.15) is 0 Å². The molecule has 0 bridgehead atoms. The van der Waals surface area contributed by atoms with E-state index in [0.29, 0.717) is 16.4 Å². The lowest BCUT2D eigenvalue weighted by molar-refractivity contribution is -0.114. The Bertz CT molecular complexity index is 1360. The molecule has 0 spiro atoms. The first-order valence-electron chi connectivity index (χ1n) is 10.4. The minimum atomic E-state index is -3.99. The molecule has 0 fully saturated rings. The normalized spacial score (nSPS) is 11.1. The molecule has 1 amide bonds. The first kappa shape index (κ1) is 23.9. The van der Waals surface area contributed by atoms with Crippen LogP contribution >= 0.6 is 23.4 Å². The number of halogens is 1. The fourth-order valence-corrected chi connectivity index (χ4v) is 5.73. The summed E-state index contributed by atoms with van der Waals surface area (Å²) in [7, 11) is -3.99. The highest BCUT2D eigenvalue weighted by Crippen LogP contribution is 2.33. The van der Waals surface area contributed by atoms with E-state index in [1.165, 1.54) is 23.9 Å². The smallest absolute Gasteiger partial charge is 0.264 e. The van der Waals surface area contributed by atoms with Crippen LogP contribution in [0.15, 0.2) is 124 Å². The molecule has 0 atom stereocenters. The number of hydrogen-bond donors (Lipinski definition) is 1. The van der Waals surface area contributed by atoms with E-state index in [1.807, 2.05) is 48.5 Å². The van der Waals surface area contributed by atoms with Gasteiger partial charge in [0.15, 0.2) is 0 Å². The second-order valence-electron chi connectivity index (χ2n) is 7.26. The third-order valence-corrected chi connectivity index (χ3v) is 7.99. The lowest BCUT2D eigenvalue weighted by atomic mass is 10.3. The molecule has 0 aliphatic heterocycles. The first-order valence-corrected chi connectivity index (χ1v) is 13.0. The summed E-state index contributed by atoms with van der Waals surface area (Å²) in [5, 5.41) is 3.34. The van der Waals surface area contributed by atoms with E-state index in [9.17, 15) is 13.2 Å². The summed E-state index contributed by atoms with van der Waals surface area (Å²) >= 11 is 7.51. The number of sulfonamides is 1. The Labute approximate surface area is 208 Å². The van der Waals surface area contributed by atoms with Crippen molar-refractivity contribution in [3.05, 3.63) is 114 Å². The van der Waals surface area contributed by atoms with Crippen LogP contribution in [0.1, 0.15) is 0 Å². The fourth-order valence-electron chi connectivity index (χ4n) is 3.24. The van der Waals surface area contributed by atoms with Crippen molar-refractivity contribution < 1.29 is 13.2 Å². The van der Waals surface area contributed by atoms with Crippen molar-refractivity contribution in [2.24, 2.45) is 0 Å². The van der Waals surface area contributed by atoms with Gasteiger partial charge in [-0.05, 0) is 60.7 Å². The van der Waals surface area contributed by atoms with E-state index in [0.717, 1.165) is 14.1 Å². The summed E-state index contributed by atoms with van der Waals surface area (Å²) in [5.74, 6) is -0.462. The molecule has 0 saturated heterocycles. The van der Waals surface area contributed by atoms with Crippen LogP contribution in [0.4, 0.5) is 11.4 Å². The van der Waals surface area contributed by atoms with E-state index in [1.54, 1.807) is 48.5 Å². The van der Waals surface area contributed by atoms with Gasteiger partial charge in [-0.1, -0.05) is 71.9 Å². The van der Waals surface area contributed by atoms with Gasteiger partial charge >= 0.3 is 0 Å². The predicted octanol–water partition coefficient (Wildman–Crippen LogP) is 6.33. The van der Waals surface area contributed by atoms with E-state index < -0.39 is 22.5 Å². The number of carbonyl (C=O) groups excluding carboxylic acids is 1. The number of carbonyl (C=O) groups is 1. The van der Waals surface area contributed by atoms with Gasteiger partial charge in [0.2, 0.25) is 5.91 Å². The molecule has 0 aromatic heterocycles. The van der Waals surface area contributed by atoms with E-state index in [4.69, 9.17) is 11.6 Å². The summed E-state index contributed by atoms with van der Waals surface area (Å²) in [6.45, 7) is -0.400. The summed E-state index contributed by atoms with van der Waals surface area (Å²) in [4.78, 5) is 15.1. The Kier molecular flexibility index (Phi) is 7.57. The van der Waals surface area contributed by atoms with Gasteiger partial charge in [-0.15, -0.1) is 0 Å². The zero-order chi connectivity index (χ0) is 24.0. The molecule has 0 unspecified atom stereocenters. The highest BCUT2D eigenvalue weighted by molar-refractivity contribution is 7.99. The highest BCUT2D eigenvalue weighted by atomic mass is 35.5. The van der Waals surface area contributed by atoms with Crippen LogP contribution in [0.5, 0.6) is 0 Å². The van der Waals surface area contributed by atoms with Gasteiger partial charge in [-0.25, -0.2) is 8.42 Å². The van der Waals surface area contributed by atoms with E-state index in [2.05, 4.69) is 5.32 Å². The standard InChI is InChI=1S/C26H21ClN2O3S2/c27-20-15-17-21(18-16-20)29(34(31,32)23-11-5-2-6-12-23)19-26(30)28-24-13-7-8-14-25(24)33-22-9-3-1-4-10-22/h1-18H,19H2,(H,28,30). The minimum absolute atomic E-state index is 0.0952. The molecule has 8 heteroatoms. The summed E-state index contributed by atoms with van der Waals surface area (Å²) in [6.07, 6.45) is 0. The maximum absolute atomic E-state index is 13.4. The number of benzene rings is 4. The van der Waals surface area contributed by atoms with E-state index in [-0.39, 0.29) is 4.90 Å². The van der Waals surface area contributed by atoms with Gasteiger partial charge in [0.25, 0.3) is 10.0 Å². The van der Waals surface area contributed by atoms with Crippen molar-refractivity contribution in [3.63, 3.8) is 0 Å². The predicted molar refractivity (Wildman–Crippen MR) is 138 cm³/mol. The highest BCUT2D eigenvalue weighted by Gasteiger charge is 2.27. The molecular formula is C26H21ClN2O3S2. The van der Waals surface area contributed by atoms with Gasteiger partial charge in [-0.3, -0.25) is 9.10 Å². The third kappa shape index (κ3) is 5.80. The molecule has 172 valence electrons. The summed E-state index contributed by atoms with van der Waals surface area (Å²) < 4.78 is 27.9. The number of nitrogens with zero attached hydrogens (tertiary/aromatic N) is 1. The molecular weight excluding hydrogens is 488 g/mol. The zero-order valence-corrected chi connectivity index (χ0v) is 20.4. The van der Waals surface area contributed by atoms with Crippen LogP contribution < -0.4 is 9.62 Å². The molecule has 0 aliphatic carbocycles. The lowest BCUT2D eigenvalue weighted by Crippen LogP contribution is -2.38. The first-order chi connectivity index (χ1) is 16.4. The van der Waals surface area contributed by atoms with E-state index >= 15 is 0 Å². The molecule has 1 N–H and O–H groups in total. The molecule has 4 rings (SSSR count). The van der Waals surface area contributed by atoms with Crippen LogP contribution in [0.2, 0.25) is 5.02 Å². The van der Waals surface area contributed by atoms with Crippen molar-refractivity contribution >= 4 is 50.7 Å². The second kappa shape index (κ2) is 10.8. The molecule has 0 radical (unpaired) electrons. The molecule has 0 saturated carbocycles. The number of para-hydroxylation sites is 1. The third-order valence-electron chi connectivity index (χ3n) is 4.87. The number of amides is 1. The van der Waals surface area contributed by atoms with Gasteiger partial charge < -0.3 is 5.32 Å². The van der Waals surface area contributed by atoms with Crippen LogP contribution in [0.25, 0.3) is 0 Å². The topological polar surface area (TPSA) is 66.5 Å². The summed E-state index contributed by atoms with van der Waals surface area (Å²) in [6, 6.07) is 31.6. The maximum Gasteiger partial charge on any atom is 0.264 e. The Morgan fingerprint density at radius 2 is 1.38 bits per heavy atom. The van der Waals surface area contributed by atoms with Crippen molar-refractivity contribution in [3.8, 4) is 0 Å². The Morgan fingerprint density at radius 1 is 0.794 bits per heavy atom. The molecule has 0 heterocycles.